The number of rotatable bonds is 9. The van der Waals surface area contributed by atoms with E-state index >= 15 is 0 Å². The Morgan fingerprint density at radius 2 is 1.84 bits per heavy atom. The van der Waals surface area contributed by atoms with Gasteiger partial charge in [-0.3, -0.25) is 4.79 Å². The van der Waals surface area contributed by atoms with Gasteiger partial charge in [0.2, 0.25) is 5.91 Å². The lowest BCUT2D eigenvalue weighted by molar-refractivity contribution is -0.113. The second kappa shape index (κ2) is 10.2. The molecule has 0 fully saturated rings. The number of hydrogen-bond donors (Lipinski definition) is 1. The molecule has 0 bridgehead atoms. The SMILES string of the molecule is C=CCn1c(Cc2ccccc2)nnc1SCC(=O)Nc1nc(-c2ccccc2)cs1. The van der Waals surface area contributed by atoms with E-state index in [0.29, 0.717) is 23.3 Å². The molecule has 0 spiro atoms. The molecule has 4 aromatic rings. The third-order valence-electron chi connectivity index (χ3n) is 4.46. The molecule has 0 aliphatic heterocycles. The van der Waals surface area contributed by atoms with Crippen LogP contribution in [0.5, 0.6) is 0 Å². The molecule has 156 valence electrons. The van der Waals surface area contributed by atoms with Crippen molar-refractivity contribution in [2.75, 3.05) is 11.1 Å². The molecule has 0 saturated carbocycles. The maximum absolute atomic E-state index is 12.5. The summed E-state index contributed by atoms with van der Waals surface area (Å²) in [4.78, 5) is 17.0. The smallest absolute Gasteiger partial charge is 0.236 e. The molecule has 31 heavy (non-hydrogen) atoms. The minimum atomic E-state index is -0.128. The molecule has 0 unspecified atom stereocenters. The summed E-state index contributed by atoms with van der Waals surface area (Å²) in [5, 5.41) is 14.7. The summed E-state index contributed by atoms with van der Waals surface area (Å²) in [7, 11) is 0. The van der Waals surface area contributed by atoms with Crippen LogP contribution in [-0.2, 0) is 17.8 Å². The zero-order valence-corrected chi connectivity index (χ0v) is 18.4. The monoisotopic (exact) mass is 447 g/mol. The molecule has 1 amide bonds. The second-order valence-electron chi connectivity index (χ2n) is 6.70. The molecular formula is C23H21N5OS2. The number of hydrogen-bond acceptors (Lipinski definition) is 6. The van der Waals surface area contributed by atoms with Crippen molar-refractivity contribution >= 4 is 34.1 Å². The zero-order chi connectivity index (χ0) is 21.5. The fourth-order valence-electron chi connectivity index (χ4n) is 3.01. The van der Waals surface area contributed by atoms with E-state index in [0.717, 1.165) is 22.6 Å². The molecule has 0 radical (unpaired) electrons. The van der Waals surface area contributed by atoms with Gasteiger partial charge in [0, 0.05) is 23.9 Å². The van der Waals surface area contributed by atoms with Crippen molar-refractivity contribution < 1.29 is 4.79 Å². The minimum absolute atomic E-state index is 0.128. The second-order valence-corrected chi connectivity index (χ2v) is 8.50. The van der Waals surface area contributed by atoms with Gasteiger partial charge in [-0.05, 0) is 5.56 Å². The van der Waals surface area contributed by atoms with E-state index in [4.69, 9.17) is 0 Å². The highest BCUT2D eigenvalue weighted by molar-refractivity contribution is 7.99. The normalized spacial score (nSPS) is 10.7. The summed E-state index contributed by atoms with van der Waals surface area (Å²) in [6, 6.07) is 20.0. The van der Waals surface area contributed by atoms with E-state index in [1.54, 1.807) is 0 Å². The fraction of sp³-hybridized carbons (Fsp3) is 0.130. The Morgan fingerprint density at radius 1 is 1.10 bits per heavy atom. The highest BCUT2D eigenvalue weighted by atomic mass is 32.2. The molecule has 0 atom stereocenters. The standard InChI is InChI=1S/C23H21N5OS2/c1-2-13-28-20(14-17-9-5-3-6-10-17)26-27-23(28)31-16-21(29)25-22-24-19(15-30-22)18-11-7-4-8-12-18/h2-12,15H,1,13-14,16H2,(H,24,25,29). The number of amides is 1. The number of nitrogens with zero attached hydrogens (tertiary/aromatic N) is 4. The van der Waals surface area contributed by atoms with Crippen LogP contribution in [0.15, 0.2) is 83.9 Å². The van der Waals surface area contributed by atoms with Gasteiger partial charge in [-0.2, -0.15) is 0 Å². The molecule has 0 aliphatic rings. The Morgan fingerprint density at radius 3 is 2.58 bits per heavy atom. The van der Waals surface area contributed by atoms with E-state index in [1.165, 1.54) is 23.1 Å². The molecule has 2 aromatic carbocycles. The Kier molecular flexibility index (Phi) is 6.91. The number of thiazole rings is 1. The highest BCUT2D eigenvalue weighted by Gasteiger charge is 2.15. The number of carbonyl (C=O) groups excluding carboxylic acids is 1. The first-order valence-electron chi connectivity index (χ1n) is 9.73. The molecule has 1 N–H and O–H groups in total. The molecule has 8 heteroatoms. The molecule has 2 aromatic heterocycles. The van der Waals surface area contributed by atoms with Crippen LogP contribution in [0, 0.1) is 0 Å². The Labute approximate surface area is 189 Å². The van der Waals surface area contributed by atoms with Crippen molar-refractivity contribution in [3.8, 4) is 11.3 Å². The van der Waals surface area contributed by atoms with Gasteiger partial charge in [0.15, 0.2) is 10.3 Å². The quantitative estimate of drug-likeness (QED) is 0.292. The maximum atomic E-state index is 12.5. The van der Waals surface area contributed by atoms with Crippen molar-refractivity contribution in [1.82, 2.24) is 19.7 Å². The summed E-state index contributed by atoms with van der Waals surface area (Å²) in [5.41, 5.74) is 3.04. The van der Waals surface area contributed by atoms with Gasteiger partial charge in [0.25, 0.3) is 0 Å². The van der Waals surface area contributed by atoms with Crippen LogP contribution in [-0.4, -0.2) is 31.4 Å². The first-order chi connectivity index (χ1) is 15.2. The van der Waals surface area contributed by atoms with Crippen LogP contribution in [0.25, 0.3) is 11.3 Å². The summed E-state index contributed by atoms with van der Waals surface area (Å²) >= 11 is 2.77. The maximum Gasteiger partial charge on any atom is 0.236 e. The zero-order valence-electron chi connectivity index (χ0n) is 16.8. The van der Waals surface area contributed by atoms with Crippen molar-refractivity contribution in [3.05, 3.63) is 90.1 Å². The van der Waals surface area contributed by atoms with Crippen LogP contribution < -0.4 is 5.32 Å². The number of benzene rings is 2. The number of allylic oxidation sites excluding steroid dienone is 1. The van der Waals surface area contributed by atoms with Crippen LogP contribution in [0.2, 0.25) is 0 Å². The van der Waals surface area contributed by atoms with Crippen LogP contribution in [0.1, 0.15) is 11.4 Å². The third kappa shape index (κ3) is 5.48. The molecule has 2 heterocycles. The van der Waals surface area contributed by atoms with Gasteiger partial charge >= 0.3 is 0 Å². The number of carbonyl (C=O) groups is 1. The van der Waals surface area contributed by atoms with Gasteiger partial charge in [-0.25, -0.2) is 4.98 Å². The van der Waals surface area contributed by atoms with E-state index < -0.39 is 0 Å². The first-order valence-corrected chi connectivity index (χ1v) is 11.6. The van der Waals surface area contributed by atoms with Crippen molar-refractivity contribution in [1.29, 1.82) is 0 Å². The van der Waals surface area contributed by atoms with Gasteiger partial charge in [0.1, 0.15) is 5.82 Å². The molecule has 6 nitrogen and oxygen atoms in total. The van der Waals surface area contributed by atoms with Crippen LogP contribution in [0.4, 0.5) is 5.13 Å². The number of nitrogens with one attached hydrogen (secondary N) is 1. The summed E-state index contributed by atoms with van der Waals surface area (Å²) in [6.45, 7) is 4.42. The number of thioether (sulfide) groups is 1. The minimum Gasteiger partial charge on any atom is -0.302 e. The van der Waals surface area contributed by atoms with E-state index in [-0.39, 0.29) is 11.7 Å². The third-order valence-corrected chi connectivity index (χ3v) is 6.19. The summed E-state index contributed by atoms with van der Waals surface area (Å²) in [6.07, 6.45) is 2.48. The van der Waals surface area contributed by atoms with Gasteiger partial charge in [-0.15, -0.1) is 28.1 Å². The van der Waals surface area contributed by atoms with Gasteiger partial charge in [-0.1, -0.05) is 78.5 Å². The van der Waals surface area contributed by atoms with E-state index in [9.17, 15) is 4.79 Å². The summed E-state index contributed by atoms with van der Waals surface area (Å²) in [5.74, 6) is 0.944. The van der Waals surface area contributed by atoms with Crippen molar-refractivity contribution in [2.24, 2.45) is 0 Å². The summed E-state index contributed by atoms with van der Waals surface area (Å²) < 4.78 is 1.99. The van der Waals surface area contributed by atoms with Gasteiger partial charge < -0.3 is 9.88 Å². The van der Waals surface area contributed by atoms with Gasteiger partial charge in [0.05, 0.1) is 11.4 Å². The molecular weight excluding hydrogens is 426 g/mol. The predicted octanol–water partition coefficient (Wildman–Crippen LogP) is 4.91. The number of anilines is 1. The fourth-order valence-corrected chi connectivity index (χ4v) is 4.51. The van der Waals surface area contributed by atoms with Crippen molar-refractivity contribution in [3.63, 3.8) is 0 Å². The van der Waals surface area contributed by atoms with E-state index in [1.807, 2.05) is 64.6 Å². The highest BCUT2D eigenvalue weighted by Crippen LogP contribution is 2.25. The molecule has 0 aliphatic carbocycles. The molecule has 0 saturated heterocycles. The lowest BCUT2D eigenvalue weighted by atomic mass is 10.1. The van der Waals surface area contributed by atoms with Crippen LogP contribution in [0.3, 0.4) is 0 Å². The van der Waals surface area contributed by atoms with Crippen molar-refractivity contribution in [2.45, 2.75) is 18.1 Å². The first kappa shape index (κ1) is 21.0. The lowest BCUT2D eigenvalue weighted by Crippen LogP contribution is -2.14. The largest absolute Gasteiger partial charge is 0.302 e. The Hall–Kier alpha value is -3.23. The van der Waals surface area contributed by atoms with E-state index in [2.05, 4.69) is 39.2 Å². The average Bonchev–Trinajstić information content (AvgIpc) is 3.41. The predicted molar refractivity (Wildman–Crippen MR) is 126 cm³/mol. The average molecular weight is 448 g/mol. The number of aromatic nitrogens is 4. The topological polar surface area (TPSA) is 72.7 Å². The van der Waals surface area contributed by atoms with Crippen LogP contribution >= 0.6 is 23.1 Å². The Balaban J connectivity index is 1.38. The molecule has 4 rings (SSSR count). The lowest BCUT2D eigenvalue weighted by Gasteiger charge is -2.07. The Bertz CT molecular complexity index is 1160.